The number of halogens is 1. The summed E-state index contributed by atoms with van der Waals surface area (Å²) >= 11 is 5.94. The maximum absolute atomic E-state index is 12.6. The quantitative estimate of drug-likeness (QED) is 0.794. The van der Waals surface area contributed by atoms with E-state index in [-0.39, 0.29) is 11.8 Å². The number of carbonyl (C=O) groups is 1. The van der Waals surface area contributed by atoms with Crippen LogP contribution in [-0.2, 0) is 4.79 Å². The second-order valence-corrected chi connectivity index (χ2v) is 6.53. The minimum atomic E-state index is 0.0819. The normalized spacial score (nSPS) is 22.4. The summed E-state index contributed by atoms with van der Waals surface area (Å²) in [7, 11) is 0. The summed E-state index contributed by atoms with van der Waals surface area (Å²) in [6.07, 6.45) is 7.68. The first-order chi connectivity index (χ1) is 10.6. The van der Waals surface area contributed by atoms with Gasteiger partial charge in [0.2, 0.25) is 5.69 Å². The van der Waals surface area contributed by atoms with Crippen LogP contribution in [0.25, 0.3) is 0 Å². The first-order valence-electron chi connectivity index (χ1n) is 7.99. The van der Waals surface area contributed by atoms with Crippen molar-refractivity contribution in [2.45, 2.75) is 32.2 Å². The van der Waals surface area contributed by atoms with E-state index < -0.39 is 0 Å². The van der Waals surface area contributed by atoms with Crippen molar-refractivity contribution in [1.29, 1.82) is 0 Å². The van der Waals surface area contributed by atoms with Gasteiger partial charge in [-0.3, -0.25) is 9.69 Å². The Bertz CT molecular complexity index is 612. The van der Waals surface area contributed by atoms with Crippen molar-refractivity contribution in [1.82, 2.24) is 4.90 Å². The molecule has 0 saturated carbocycles. The number of rotatable bonds is 4. The molecule has 22 heavy (non-hydrogen) atoms. The maximum Gasteiger partial charge on any atom is 0.205 e. The van der Waals surface area contributed by atoms with Gasteiger partial charge in [-0.05, 0) is 38.1 Å². The summed E-state index contributed by atoms with van der Waals surface area (Å²) in [5.74, 6) is 0.252. The Balaban J connectivity index is 1.65. The van der Waals surface area contributed by atoms with Gasteiger partial charge in [-0.1, -0.05) is 18.0 Å². The number of hydrogen-bond acceptors (Lipinski definition) is 2. The van der Waals surface area contributed by atoms with Crippen LogP contribution in [0.3, 0.4) is 0 Å². The Labute approximate surface area is 136 Å². The van der Waals surface area contributed by atoms with Crippen molar-refractivity contribution in [3.05, 3.63) is 40.9 Å². The Morgan fingerprint density at radius 3 is 2.59 bits per heavy atom. The van der Waals surface area contributed by atoms with E-state index in [1.165, 1.54) is 19.3 Å². The van der Waals surface area contributed by atoms with Crippen LogP contribution in [0.2, 0.25) is 5.02 Å². The predicted octanol–water partition coefficient (Wildman–Crippen LogP) is 3.44. The van der Waals surface area contributed by atoms with E-state index in [2.05, 4.69) is 16.4 Å². The van der Waals surface area contributed by atoms with E-state index in [4.69, 9.17) is 11.6 Å². The smallest absolute Gasteiger partial charge is 0.205 e. The summed E-state index contributed by atoms with van der Waals surface area (Å²) in [4.78, 5) is 14.9. The number of Topliss-reactive ketones (excluding diaryl/α,β-unsaturated/α-hetero) is 1. The standard InChI is InChI=1S/C18H22ClN2O/c1-14-17(18(22)13-20-10-3-2-4-11-20)9-12-21(14)16-7-5-15(19)6-8-16/h5-9,12,14H,2-4,10-11,13H2,1H3/q+1. The van der Waals surface area contributed by atoms with E-state index in [9.17, 15) is 4.79 Å². The van der Waals surface area contributed by atoms with Gasteiger partial charge in [-0.25, -0.2) is 0 Å². The molecule has 1 atom stereocenters. The van der Waals surface area contributed by atoms with Crippen LogP contribution in [0.15, 0.2) is 35.9 Å². The monoisotopic (exact) mass is 317 g/mol. The minimum absolute atomic E-state index is 0.0819. The molecule has 0 bridgehead atoms. The lowest BCUT2D eigenvalue weighted by molar-refractivity contribution is -0.459. The Morgan fingerprint density at radius 1 is 1.23 bits per heavy atom. The SMILES string of the molecule is CC1C(C(=O)CN2CCCCC2)=CC=[N+]1c1ccc(Cl)cc1. The molecule has 0 radical (unpaired) electrons. The van der Waals surface area contributed by atoms with E-state index in [1.807, 2.05) is 36.6 Å². The lowest BCUT2D eigenvalue weighted by atomic mass is 10.0. The lowest BCUT2D eigenvalue weighted by Crippen LogP contribution is -2.36. The number of benzene rings is 1. The highest BCUT2D eigenvalue weighted by Gasteiger charge is 2.32. The zero-order valence-electron chi connectivity index (χ0n) is 13.0. The van der Waals surface area contributed by atoms with Crippen LogP contribution in [0.1, 0.15) is 26.2 Å². The summed E-state index contributed by atoms with van der Waals surface area (Å²) in [5, 5.41) is 0.727. The molecule has 1 fully saturated rings. The molecule has 4 heteroatoms. The third-order valence-electron chi connectivity index (χ3n) is 4.54. The molecule has 1 aromatic rings. The van der Waals surface area contributed by atoms with Crippen LogP contribution in [0.5, 0.6) is 0 Å². The third kappa shape index (κ3) is 3.31. The Kier molecular flexibility index (Phi) is 4.74. The van der Waals surface area contributed by atoms with Crippen LogP contribution >= 0.6 is 11.6 Å². The molecular weight excluding hydrogens is 296 g/mol. The first kappa shape index (κ1) is 15.4. The van der Waals surface area contributed by atoms with E-state index in [1.54, 1.807) is 0 Å². The fourth-order valence-electron chi connectivity index (χ4n) is 3.24. The number of carbonyl (C=O) groups excluding carboxylic acids is 1. The second kappa shape index (κ2) is 6.76. The zero-order valence-corrected chi connectivity index (χ0v) is 13.7. The fraction of sp³-hybridized carbons (Fsp3) is 0.444. The van der Waals surface area contributed by atoms with Gasteiger partial charge in [-0.15, -0.1) is 0 Å². The Hall–Kier alpha value is -1.45. The molecule has 0 spiro atoms. The summed E-state index contributed by atoms with van der Waals surface area (Å²) < 4.78 is 2.12. The molecule has 2 aliphatic rings. The molecule has 0 aliphatic carbocycles. The zero-order chi connectivity index (χ0) is 15.5. The topological polar surface area (TPSA) is 23.3 Å². The maximum atomic E-state index is 12.6. The van der Waals surface area contributed by atoms with Gasteiger partial charge in [0.15, 0.2) is 18.0 Å². The molecule has 116 valence electrons. The highest BCUT2D eigenvalue weighted by Crippen LogP contribution is 2.24. The molecule has 0 N–H and O–H groups in total. The molecule has 3 rings (SSSR count). The van der Waals surface area contributed by atoms with Gasteiger partial charge >= 0.3 is 0 Å². The van der Waals surface area contributed by atoms with E-state index >= 15 is 0 Å². The van der Waals surface area contributed by atoms with Crippen molar-refractivity contribution in [3.8, 4) is 0 Å². The first-order valence-corrected chi connectivity index (χ1v) is 8.37. The number of piperidine rings is 1. The van der Waals surface area contributed by atoms with Crippen molar-refractivity contribution < 1.29 is 9.37 Å². The predicted molar refractivity (Wildman–Crippen MR) is 90.3 cm³/mol. The van der Waals surface area contributed by atoms with Crippen LogP contribution in [0.4, 0.5) is 5.69 Å². The number of likely N-dealkylation sites (tertiary alicyclic amines) is 1. The Morgan fingerprint density at radius 2 is 1.91 bits per heavy atom. The third-order valence-corrected chi connectivity index (χ3v) is 4.80. The molecule has 0 amide bonds. The average molecular weight is 318 g/mol. The lowest BCUT2D eigenvalue weighted by Gasteiger charge is -2.25. The highest BCUT2D eigenvalue weighted by atomic mass is 35.5. The van der Waals surface area contributed by atoms with Gasteiger partial charge < -0.3 is 0 Å². The molecule has 1 saturated heterocycles. The molecule has 1 aromatic carbocycles. The average Bonchev–Trinajstić information content (AvgIpc) is 2.91. The van der Waals surface area contributed by atoms with Crippen LogP contribution in [0, 0.1) is 0 Å². The largest absolute Gasteiger partial charge is 0.296 e. The van der Waals surface area contributed by atoms with Gasteiger partial charge in [-0.2, -0.15) is 4.58 Å². The highest BCUT2D eigenvalue weighted by molar-refractivity contribution is 6.30. The number of nitrogens with zero attached hydrogens (tertiary/aromatic N) is 2. The number of hydrogen-bond donors (Lipinski definition) is 0. The van der Waals surface area contributed by atoms with Crippen molar-refractivity contribution in [3.63, 3.8) is 0 Å². The van der Waals surface area contributed by atoms with E-state index in [0.29, 0.717) is 6.54 Å². The summed E-state index contributed by atoms with van der Waals surface area (Å²) in [6, 6.07) is 7.82. The van der Waals surface area contributed by atoms with Crippen LogP contribution < -0.4 is 0 Å². The van der Waals surface area contributed by atoms with Gasteiger partial charge in [0.05, 0.1) is 12.1 Å². The number of allylic oxidation sites excluding steroid dienone is 1. The molecule has 3 nitrogen and oxygen atoms in total. The second-order valence-electron chi connectivity index (χ2n) is 6.09. The molecule has 2 aliphatic heterocycles. The van der Waals surface area contributed by atoms with Crippen molar-refractivity contribution >= 4 is 29.3 Å². The minimum Gasteiger partial charge on any atom is -0.296 e. The molecule has 0 aromatic heterocycles. The van der Waals surface area contributed by atoms with Gasteiger partial charge in [0, 0.05) is 30.2 Å². The van der Waals surface area contributed by atoms with Crippen molar-refractivity contribution in [2.24, 2.45) is 0 Å². The van der Waals surface area contributed by atoms with Crippen LogP contribution in [-0.4, -0.2) is 47.1 Å². The fourth-order valence-corrected chi connectivity index (χ4v) is 3.37. The summed E-state index contributed by atoms with van der Waals surface area (Å²) in [5.41, 5.74) is 1.97. The summed E-state index contributed by atoms with van der Waals surface area (Å²) in [6.45, 7) is 4.74. The van der Waals surface area contributed by atoms with Gasteiger partial charge in [0.25, 0.3) is 0 Å². The van der Waals surface area contributed by atoms with Crippen molar-refractivity contribution in [2.75, 3.05) is 19.6 Å². The molecular formula is C18H22ClN2O+. The molecule has 1 unspecified atom stereocenters. The number of ketones is 1. The van der Waals surface area contributed by atoms with Gasteiger partial charge in [0.1, 0.15) is 0 Å². The van der Waals surface area contributed by atoms with E-state index in [0.717, 1.165) is 29.4 Å². The molecule has 2 heterocycles.